The molecule has 2 aromatic carbocycles. The Hall–Kier alpha value is -1.15. The smallest absolute Gasteiger partial charge is 0.176 e. The number of rotatable bonds is 2. The first-order valence-electron chi connectivity index (χ1n) is 4.86. The Bertz CT molecular complexity index is 497. The van der Waals surface area contributed by atoms with E-state index in [0.717, 1.165) is 16.3 Å². The molecule has 0 N–H and O–H groups in total. The molecular weight excluding hydrogens is 252 g/mol. The topological polar surface area (TPSA) is 17.1 Å². The molecule has 15 heavy (non-hydrogen) atoms. The Balaban J connectivity index is 2.66. The highest BCUT2D eigenvalue weighted by Crippen LogP contribution is 2.21. The number of fused-ring (bicyclic) bond motifs is 1. The van der Waals surface area contributed by atoms with Crippen LogP contribution in [0.15, 0.2) is 42.5 Å². The van der Waals surface area contributed by atoms with Crippen LogP contribution >= 0.6 is 15.9 Å². The fourth-order valence-electron chi connectivity index (χ4n) is 1.65. The predicted octanol–water partition coefficient (Wildman–Crippen LogP) is 3.81. The molecule has 2 rings (SSSR count). The number of benzene rings is 2. The Morgan fingerprint density at radius 3 is 2.53 bits per heavy atom. The summed E-state index contributed by atoms with van der Waals surface area (Å²) >= 11 is 3.31. The second kappa shape index (κ2) is 4.15. The van der Waals surface area contributed by atoms with E-state index >= 15 is 0 Å². The van der Waals surface area contributed by atoms with E-state index in [4.69, 9.17) is 0 Å². The SMILES string of the molecule is C[C@@H](Br)C(=O)c1cccc2ccccc12. The van der Waals surface area contributed by atoms with Crippen LogP contribution in [0.5, 0.6) is 0 Å². The monoisotopic (exact) mass is 262 g/mol. The lowest BCUT2D eigenvalue weighted by molar-refractivity contribution is 0.0997. The van der Waals surface area contributed by atoms with Crippen molar-refractivity contribution in [2.24, 2.45) is 0 Å². The van der Waals surface area contributed by atoms with Gasteiger partial charge in [-0.15, -0.1) is 0 Å². The number of hydrogen-bond acceptors (Lipinski definition) is 1. The zero-order valence-corrected chi connectivity index (χ0v) is 9.99. The van der Waals surface area contributed by atoms with Gasteiger partial charge in [0, 0.05) is 5.56 Å². The number of carbonyl (C=O) groups is 1. The molecule has 0 bridgehead atoms. The van der Waals surface area contributed by atoms with Crippen molar-refractivity contribution in [2.45, 2.75) is 11.8 Å². The van der Waals surface area contributed by atoms with E-state index in [1.165, 1.54) is 0 Å². The van der Waals surface area contributed by atoms with Crippen LogP contribution in [0, 0.1) is 0 Å². The van der Waals surface area contributed by atoms with Gasteiger partial charge in [0.25, 0.3) is 0 Å². The van der Waals surface area contributed by atoms with Gasteiger partial charge in [0.1, 0.15) is 0 Å². The van der Waals surface area contributed by atoms with Crippen molar-refractivity contribution in [3.8, 4) is 0 Å². The van der Waals surface area contributed by atoms with E-state index in [9.17, 15) is 4.79 Å². The van der Waals surface area contributed by atoms with Gasteiger partial charge in [-0.3, -0.25) is 4.79 Å². The molecular formula is C13H11BrO. The lowest BCUT2D eigenvalue weighted by Crippen LogP contribution is -2.10. The quantitative estimate of drug-likeness (QED) is 0.594. The zero-order valence-electron chi connectivity index (χ0n) is 8.41. The molecule has 0 spiro atoms. The summed E-state index contributed by atoms with van der Waals surface area (Å²) in [7, 11) is 0. The zero-order chi connectivity index (χ0) is 10.8. The van der Waals surface area contributed by atoms with Crippen molar-refractivity contribution in [3.63, 3.8) is 0 Å². The summed E-state index contributed by atoms with van der Waals surface area (Å²) in [4.78, 5) is 11.8. The molecule has 76 valence electrons. The molecule has 0 aliphatic heterocycles. The second-order valence-electron chi connectivity index (χ2n) is 3.51. The van der Waals surface area contributed by atoms with Crippen LogP contribution in [0.2, 0.25) is 0 Å². The molecule has 0 fully saturated rings. The lowest BCUT2D eigenvalue weighted by atomic mass is 10.0. The number of ketones is 1. The van der Waals surface area contributed by atoms with Crippen LogP contribution in [-0.4, -0.2) is 10.6 Å². The van der Waals surface area contributed by atoms with Gasteiger partial charge in [0.2, 0.25) is 0 Å². The maximum absolute atomic E-state index is 11.9. The van der Waals surface area contributed by atoms with E-state index in [1.54, 1.807) is 0 Å². The van der Waals surface area contributed by atoms with Crippen molar-refractivity contribution in [1.82, 2.24) is 0 Å². The number of alkyl halides is 1. The molecule has 2 heteroatoms. The minimum atomic E-state index is -0.136. The molecule has 0 amide bonds. The van der Waals surface area contributed by atoms with Gasteiger partial charge < -0.3 is 0 Å². The van der Waals surface area contributed by atoms with E-state index in [1.807, 2.05) is 49.4 Å². The highest BCUT2D eigenvalue weighted by molar-refractivity contribution is 9.10. The van der Waals surface area contributed by atoms with Crippen LogP contribution in [0.1, 0.15) is 17.3 Å². The molecule has 1 nitrogen and oxygen atoms in total. The first kappa shape index (κ1) is 10.4. The number of carbonyl (C=O) groups excluding carboxylic acids is 1. The Morgan fingerprint density at radius 1 is 1.13 bits per heavy atom. The summed E-state index contributed by atoms with van der Waals surface area (Å²) in [6.45, 7) is 1.85. The fourth-order valence-corrected chi connectivity index (χ4v) is 1.90. The maximum Gasteiger partial charge on any atom is 0.176 e. The molecule has 0 aliphatic carbocycles. The van der Waals surface area contributed by atoms with Gasteiger partial charge in [-0.25, -0.2) is 0 Å². The van der Waals surface area contributed by atoms with Gasteiger partial charge in [-0.2, -0.15) is 0 Å². The summed E-state index contributed by atoms with van der Waals surface area (Å²) < 4.78 is 0. The van der Waals surface area contributed by atoms with Crippen molar-refractivity contribution in [2.75, 3.05) is 0 Å². The van der Waals surface area contributed by atoms with E-state index < -0.39 is 0 Å². The summed E-state index contributed by atoms with van der Waals surface area (Å²) in [5, 5.41) is 2.13. The van der Waals surface area contributed by atoms with Gasteiger partial charge in [0.15, 0.2) is 5.78 Å². The van der Waals surface area contributed by atoms with Crippen molar-refractivity contribution in [1.29, 1.82) is 0 Å². The standard InChI is InChI=1S/C13H11BrO/c1-9(14)13(15)12-8-4-6-10-5-2-3-7-11(10)12/h2-9H,1H3/t9-/m1/s1. The second-order valence-corrected chi connectivity index (χ2v) is 4.88. The molecule has 2 aromatic rings. The third-order valence-corrected chi connectivity index (χ3v) is 2.83. The van der Waals surface area contributed by atoms with Crippen LogP contribution in [0.4, 0.5) is 0 Å². The van der Waals surface area contributed by atoms with Gasteiger partial charge in [-0.05, 0) is 17.7 Å². The minimum Gasteiger partial charge on any atom is -0.293 e. The Kier molecular flexibility index (Phi) is 2.87. The van der Waals surface area contributed by atoms with Gasteiger partial charge in [0.05, 0.1) is 4.83 Å². The highest BCUT2D eigenvalue weighted by Gasteiger charge is 2.13. The molecule has 0 aliphatic rings. The average molecular weight is 263 g/mol. The predicted molar refractivity (Wildman–Crippen MR) is 66.7 cm³/mol. The number of Topliss-reactive ketones (excluding diaryl/α,β-unsaturated/α-hetero) is 1. The fraction of sp³-hybridized carbons (Fsp3) is 0.154. The molecule has 0 saturated carbocycles. The Morgan fingerprint density at radius 2 is 1.80 bits per heavy atom. The molecule has 0 unspecified atom stereocenters. The molecule has 0 saturated heterocycles. The maximum atomic E-state index is 11.9. The largest absolute Gasteiger partial charge is 0.293 e. The first-order valence-corrected chi connectivity index (χ1v) is 5.78. The van der Waals surface area contributed by atoms with Crippen molar-refractivity contribution >= 4 is 32.5 Å². The molecule has 0 radical (unpaired) electrons. The number of halogens is 1. The van der Waals surface area contributed by atoms with E-state index in [2.05, 4.69) is 15.9 Å². The third kappa shape index (κ3) is 1.95. The van der Waals surface area contributed by atoms with Crippen LogP contribution < -0.4 is 0 Å². The van der Waals surface area contributed by atoms with Crippen LogP contribution in [-0.2, 0) is 0 Å². The lowest BCUT2D eigenvalue weighted by Gasteiger charge is -2.06. The first-order chi connectivity index (χ1) is 7.20. The summed E-state index contributed by atoms with van der Waals surface area (Å²) in [6.07, 6.45) is 0. The molecule has 1 atom stereocenters. The minimum absolute atomic E-state index is 0.131. The third-order valence-electron chi connectivity index (χ3n) is 2.42. The molecule has 0 aromatic heterocycles. The van der Waals surface area contributed by atoms with Gasteiger partial charge in [-0.1, -0.05) is 58.4 Å². The number of hydrogen-bond donors (Lipinski definition) is 0. The summed E-state index contributed by atoms with van der Waals surface area (Å²) in [6, 6.07) is 13.8. The van der Waals surface area contributed by atoms with Gasteiger partial charge >= 0.3 is 0 Å². The van der Waals surface area contributed by atoms with Crippen molar-refractivity contribution in [3.05, 3.63) is 48.0 Å². The average Bonchev–Trinajstić information content (AvgIpc) is 2.27. The summed E-state index contributed by atoms with van der Waals surface area (Å²) in [5.74, 6) is 0.131. The van der Waals surface area contributed by atoms with Crippen LogP contribution in [0.3, 0.4) is 0 Å². The highest BCUT2D eigenvalue weighted by atomic mass is 79.9. The Labute approximate surface area is 97.2 Å². The normalized spacial score (nSPS) is 12.7. The summed E-state index contributed by atoms with van der Waals surface area (Å²) in [5.41, 5.74) is 0.789. The van der Waals surface area contributed by atoms with Crippen molar-refractivity contribution < 1.29 is 4.79 Å². The molecule has 0 heterocycles. The van der Waals surface area contributed by atoms with E-state index in [-0.39, 0.29) is 10.6 Å². The van der Waals surface area contributed by atoms with Crippen LogP contribution in [0.25, 0.3) is 10.8 Å². The van der Waals surface area contributed by atoms with E-state index in [0.29, 0.717) is 0 Å².